The molecule has 0 N–H and O–H groups in total. The zero-order valence-electron chi connectivity index (χ0n) is 32.7. The van der Waals surface area contributed by atoms with Crippen LogP contribution < -0.4 is 0 Å². The standard InChI is InChI=1S/C25H38.C14H20.C10H16/c1-5-7-9-18(3)20-11-13-24-22(15-20)17-23-16-21(12-14-25(23)24)19(4)10-8-6-2;1-11-8-9-14(10-11)12(2)13-6-4-3-5-7-13;1-2-9-7-4-5-8(6-7)10(9)3-1/h11-16,18-19,22-25H,5-10,17H2,1-4H3;3-7,11-12,14H,8-10H2,1-2H3;7-10H,1-6H2/t18-,19+,22?,23?,24?,25?;11?,12-,14?;/m.0./s1. The molecular weight excluding hydrogens is 589 g/mol. The van der Waals surface area contributed by atoms with Crippen molar-refractivity contribution in [1.29, 1.82) is 0 Å². The molecule has 0 aromatic heterocycles. The Hall–Kier alpha value is -1.82. The number of allylic oxidation sites excluding steroid dienone is 8. The van der Waals surface area contributed by atoms with Gasteiger partial charge in [-0.2, -0.15) is 0 Å². The summed E-state index contributed by atoms with van der Waals surface area (Å²) in [7, 11) is 0. The smallest absolute Gasteiger partial charge is 0.00981 e. The Morgan fingerprint density at radius 1 is 0.633 bits per heavy atom. The molecule has 270 valence electrons. The first-order chi connectivity index (χ1) is 23.9. The van der Waals surface area contributed by atoms with E-state index in [9.17, 15) is 0 Å². The Morgan fingerprint density at radius 2 is 1.18 bits per heavy atom. The van der Waals surface area contributed by atoms with Crippen LogP contribution in [0.1, 0.15) is 156 Å². The van der Waals surface area contributed by atoms with E-state index in [4.69, 9.17) is 0 Å². The highest BCUT2D eigenvalue weighted by Gasteiger charge is 2.49. The van der Waals surface area contributed by atoms with Gasteiger partial charge < -0.3 is 0 Å². The van der Waals surface area contributed by atoms with Crippen molar-refractivity contribution in [1.82, 2.24) is 0 Å². The predicted molar refractivity (Wildman–Crippen MR) is 213 cm³/mol. The number of hydrogen-bond donors (Lipinski definition) is 0. The van der Waals surface area contributed by atoms with Crippen LogP contribution in [0.4, 0.5) is 0 Å². The Labute approximate surface area is 303 Å². The molecule has 0 spiro atoms. The van der Waals surface area contributed by atoms with E-state index in [2.05, 4.69) is 108 Å². The van der Waals surface area contributed by atoms with Crippen LogP contribution >= 0.6 is 0 Å². The third kappa shape index (κ3) is 8.98. The van der Waals surface area contributed by atoms with Crippen LogP contribution in [0.5, 0.6) is 0 Å². The molecule has 1 aromatic rings. The maximum absolute atomic E-state index is 2.64. The monoisotopic (exact) mass is 663 g/mol. The Balaban J connectivity index is 0.000000144. The van der Waals surface area contributed by atoms with Crippen molar-refractivity contribution in [2.45, 2.75) is 150 Å². The van der Waals surface area contributed by atoms with Crippen LogP contribution in [0.3, 0.4) is 0 Å². The lowest BCUT2D eigenvalue weighted by Crippen LogP contribution is -2.18. The van der Waals surface area contributed by atoms with Crippen molar-refractivity contribution < 1.29 is 0 Å². The second-order valence-corrected chi connectivity index (χ2v) is 18.3. The fourth-order valence-corrected chi connectivity index (χ4v) is 11.9. The number of fused-ring (bicyclic) bond motifs is 8. The first-order valence-corrected chi connectivity index (χ1v) is 21.7. The van der Waals surface area contributed by atoms with Gasteiger partial charge in [-0.1, -0.05) is 147 Å². The average molecular weight is 663 g/mol. The van der Waals surface area contributed by atoms with Crippen LogP contribution in [0.25, 0.3) is 0 Å². The molecule has 5 fully saturated rings. The highest BCUT2D eigenvalue weighted by atomic mass is 14.5. The van der Waals surface area contributed by atoms with Crippen molar-refractivity contribution in [3.63, 3.8) is 0 Å². The highest BCUT2D eigenvalue weighted by molar-refractivity contribution is 5.36. The van der Waals surface area contributed by atoms with E-state index in [0.717, 1.165) is 53.3 Å². The number of hydrogen-bond acceptors (Lipinski definition) is 0. The quantitative estimate of drug-likeness (QED) is 0.234. The Morgan fingerprint density at radius 3 is 1.67 bits per heavy atom. The number of unbranched alkanes of at least 4 members (excludes halogenated alkanes) is 2. The summed E-state index contributed by atoms with van der Waals surface area (Å²) in [6, 6.07) is 11.0. The van der Waals surface area contributed by atoms with Gasteiger partial charge in [0, 0.05) is 0 Å². The van der Waals surface area contributed by atoms with E-state index < -0.39 is 0 Å². The minimum Gasteiger partial charge on any atom is -0.0799 e. The van der Waals surface area contributed by atoms with Crippen molar-refractivity contribution in [2.24, 2.45) is 71.0 Å². The van der Waals surface area contributed by atoms with E-state index in [0.29, 0.717) is 0 Å². The molecule has 7 aliphatic carbocycles. The molecular formula is C49H74. The zero-order valence-corrected chi connectivity index (χ0v) is 32.7. The first-order valence-electron chi connectivity index (χ1n) is 21.7. The van der Waals surface area contributed by atoms with Crippen molar-refractivity contribution >= 4 is 0 Å². The molecule has 5 saturated carbocycles. The highest BCUT2D eigenvalue weighted by Crippen LogP contribution is 2.58. The van der Waals surface area contributed by atoms with Crippen LogP contribution in [0.15, 0.2) is 77.9 Å². The predicted octanol–water partition coefficient (Wildman–Crippen LogP) is 14.6. The molecule has 0 heterocycles. The topological polar surface area (TPSA) is 0 Å². The average Bonchev–Trinajstić information content (AvgIpc) is 3.98. The summed E-state index contributed by atoms with van der Waals surface area (Å²) in [6.45, 7) is 14.2. The van der Waals surface area contributed by atoms with Gasteiger partial charge in [0.1, 0.15) is 0 Å². The summed E-state index contributed by atoms with van der Waals surface area (Å²) >= 11 is 0. The fourth-order valence-electron chi connectivity index (χ4n) is 11.9. The van der Waals surface area contributed by atoms with Gasteiger partial charge in [0.25, 0.3) is 0 Å². The lowest BCUT2D eigenvalue weighted by molar-refractivity contribution is 0.259. The third-order valence-corrected chi connectivity index (χ3v) is 15.0. The molecule has 10 unspecified atom stereocenters. The largest absolute Gasteiger partial charge is 0.0799 e. The molecule has 49 heavy (non-hydrogen) atoms. The van der Waals surface area contributed by atoms with Crippen molar-refractivity contribution in [3.8, 4) is 0 Å². The maximum atomic E-state index is 2.64. The molecule has 0 amide bonds. The molecule has 0 saturated heterocycles. The van der Waals surface area contributed by atoms with Gasteiger partial charge in [-0.3, -0.25) is 0 Å². The molecule has 0 aliphatic heterocycles. The summed E-state index contributed by atoms with van der Waals surface area (Å²) in [6.07, 6.45) is 38.5. The second-order valence-electron chi connectivity index (χ2n) is 18.3. The minimum atomic E-state index is 0.732. The molecule has 1 aromatic carbocycles. The van der Waals surface area contributed by atoms with Crippen LogP contribution in [0.2, 0.25) is 0 Å². The van der Waals surface area contributed by atoms with E-state index >= 15 is 0 Å². The van der Waals surface area contributed by atoms with Gasteiger partial charge in [0.15, 0.2) is 0 Å². The fraction of sp³-hybridized carbons (Fsp3) is 0.714. The SMILES string of the molecule is C1CC2C3CCC(C3)C2C1.CC1CCC([C@@H](C)c2ccccc2)C1.CCCC[C@@H](C)C1=CC2CC3C=C([C@@H](C)CCCC)C=CC3C2C=C1. The second kappa shape index (κ2) is 17.6. The van der Waals surface area contributed by atoms with Gasteiger partial charge in [0.05, 0.1) is 0 Å². The van der Waals surface area contributed by atoms with Gasteiger partial charge >= 0.3 is 0 Å². The molecule has 0 radical (unpaired) electrons. The first kappa shape index (κ1) is 37.0. The molecule has 13 atom stereocenters. The molecule has 0 nitrogen and oxygen atoms in total. The summed E-state index contributed by atoms with van der Waals surface area (Å²) in [5.74, 6) is 11.9. The summed E-state index contributed by atoms with van der Waals surface area (Å²) in [5, 5.41) is 0. The zero-order chi connectivity index (χ0) is 34.3. The van der Waals surface area contributed by atoms with Gasteiger partial charge in [-0.25, -0.2) is 0 Å². The number of benzene rings is 1. The lowest BCUT2D eigenvalue weighted by atomic mass is 9.78. The summed E-state index contributed by atoms with van der Waals surface area (Å²) in [5.41, 5.74) is 4.74. The van der Waals surface area contributed by atoms with E-state index in [1.807, 2.05) is 0 Å². The van der Waals surface area contributed by atoms with E-state index in [-0.39, 0.29) is 0 Å². The summed E-state index contributed by atoms with van der Waals surface area (Å²) < 4.78 is 0. The Bertz CT molecular complexity index is 1210. The molecule has 0 heteroatoms. The Kier molecular flexibility index (Phi) is 13.3. The van der Waals surface area contributed by atoms with Gasteiger partial charge in [-0.05, 0) is 158 Å². The van der Waals surface area contributed by atoms with Crippen molar-refractivity contribution in [2.75, 3.05) is 0 Å². The minimum absolute atomic E-state index is 0.732. The molecule has 2 bridgehead atoms. The number of rotatable bonds is 10. The van der Waals surface area contributed by atoms with E-state index in [1.54, 1.807) is 49.7 Å². The lowest BCUT2D eigenvalue weighted by Gasteiger charge is -2.27. The van der Waals surface area contributed by atoms with E-state index in [1.165, 1.54) is 93.4 Å². The maximum Gasteiger partial charge on any atom is -0.00981 e. The van der Waals surface area contributed by atoms with Crippen LogP contribution in [-0.4, -0.2) is 0 Å². The van der Waals surface area contributed by atoms with Gasteiger partial charge in [0.2, 0.25) is 0 Å². The third-order valence-electron chi connectivity index (χ3n) is 15.0. The van der Waals surface area contributed by atoms with Crippen molar-refractivity contribution in [3.05, 3.63) is 83.5 Å². The summed E-state index contributed by atoms with van der Waals surface area (Å²) in [4.78, 5) is 0. The van der Waals surface area contributed by atoms with Crippen LogP contribution in [-0.2, 0) is 0 Å². The molecule has 7 aliphatic rings. The normalized spacial score (nSPS) is 36.7. The van der Waals surface area contributed by atoms with Crippen LogP contribution in [0, 0.1) is 71.0 Å². The van der Waals surface area contributed by atoms with Gasteiger partial charge in [-0.15, -0.1) is 0 Å². The molecule has 8 rings (SSSR count).